The number of aliphatic hydroxyl groups excluding tert-OH is 2. The fraction of sp³-hybridized carbons (Fsp3) is 0.545. The molecule has 16 heavy (non-hydrogen) atoms. The summed E-state index contributed by atoms with van der Waals surface area (Å²) in [5.74, 6) is 0. The number of nitrogens with zero attached hydrogens (tertiary/aromatic N) is 2. The first kappa shape index (κ1) is 12.9. The molecule has 0 aliphatic carbocycles. The minimum absolute atomic E-state index is 0.0753. The van der Waals surface area contributed by atoms with Gasteiger partial charge in [0, 0.05) is 44.3 Å². The molecule has 0 aromatic carbocycles. The number of anilines is 1. The molecule has 0 bridgehead atoms. The lowest BCUT2D eigenvalue weighted by Crippen LogP contribution is -2.35. The third-order valence-corrected chi connectivity index (χ3v) is 2.38. The van der Waals surface area contributed by atoms with Crippen molar-refractivity contribution in [2.75, 3.05) is 32.2 Å². The number of aromatic nitrogens is 1. The van der Waals surface area contributed by atoms with Crippen LogP contribution in [0, 0.1) is 0 Å². The summed E-state index contributed by atoms with van der Waals surface area (Å²) in [7, 11) is 3.93. The zero-order valence-corrected chi connectivity index (χ0v) is 9.72. The normalized spacial score (nSPS) is 10.8. The van der Waals surface area contributed by atoms with Crippen molar-refractivity contribution in [1.29, 1.82) is 0 Å². The predicted molar refractivity (Wildman–Crippen MR) is 63.4 cm³/mol. The summed E-state index contributed by atoms with van der Waals surface area (Å²) in [4.78, 5) is 6.07. The van der Waals surface area contributed by atoms with Gasteiger partial charge in [-0.3, -0.25) is 4.98 Å². The lowest BCUT2D eigenvalue weighted by atomic mass is 10.2. The van der Waals surface area contributed by atoms with Gasteiger partial charge in [0.25, 0.3) is 0 Å². The molecule has 0 saturated heterocycles. The van der Waals surface area contributed by atoms with Crippen molar-refractivity contribution in [1.82, 2.24) is 10.3 Å². The molecule has 1 aromatic rings. The van der Waals surface area contributed by atoms with E-state index in [9.17, 15) is 0 Å². The van der Waals surface area contributed by atoms with Crippen molar-refractivity contribution in [3.8, 4) is 0 Å². The van der Waals surface area contributed by atoms with Crippen LogP contribution in [-0.2, 0) is 6.54 Å². The Kier molecular flexibility index (Phi) is 5.18. The van der Waals surface area contributed by atoms with Gasteiger partial charge in [-0.15, -0.1) is 0 Å². The highest BCUT2D eigenvalue weighted by atomic mass is 16.3. The van der Waals surface area contributed by atoms with Crippen molar-refractivity contribution in [3.63, 3.8) is 0 Å². The summed E-state index contributed by atoms with van der Waals surface area (Å²) in [5, 5.41) is 20.9. The molecule has 1 aromatic heterocycles. The number of hydrogen-bond donors (Lipinski definition) is 3. The van der Waals surface area contributed by atoms with Crippen LogP contribution in [0.25, 0.3) is 0 Å². The molecule has 0 atom stereocenters. The van der Waals surface area contributed by atoms with Gasteiger partial charge in [-0.25, -0.2) is 0 Å². The molecule has 0 aliphatic heterocycles. The molecule has 5 nitrogen and oxygen atoms in total. The molecule has 0 spiro atoms. The number of hydrogen-bond acceptors (Lipinski definition) is 5. The standard InChI is InChI=1S/C11H19N3O2/c1-14(2)11-3-4-12-5-9(11)6-13-10(7-15)8-16/h3-5,10,13,15-16H,6-8H2,1-2H3. The molecule has 1 rings (SSSR count). The molecule has 0 saturated carbocycles. The summed E-state index contributed by atoms with van der Waals surface area (Å²) in [5.41, 5.74) is 2.12. The fourth-order valence-electron chi connectivity index (χ4n) is 1.43. The monoisotopic (exact) mass is 225 g/mol. The molecule has 0 unspecified atom stereocenters. The van der Waals surface area contributed by atoms with E-state index in [1.54, 1.807) is 12.4 Å². The largest absolute Gasteiger partial charge is 0.395 e. The minimum Gasteiger partial charge on any atom is -0.395 e. The van der Waals surface area contributed by atoms with Gasteiger partial charge in [0.05, 0.1) is 19.3 Å². The van der Waals surface area contributed by atoms with Gasteiger partial charge in [-0.05, 0) is 6.07 Å². The van der Waals surface area contributed by atoms with Gasteiger partial charge < -0.3 is 20.4 Å². The highest BCUT2D eigenvalue weighted by Crippen LogP contribution is 2.16. The minimum atomic E-state index is -0.282. The van der Waals surface area contributed by atoms with Crippen molar-refractivity contribution >= 4 is 5.69 Å². The van der Waals surface area contributed by atoms with Crippen LogP contribution >= 0.6 is 0 Å². The Morgan fingerprint density at radius 1 is 1.38 bits per heavy atom. The van der Waals surface area contributed by atoms with E-state index in [4.69, 9.17) is 10.2 Å². The molecule has 0 fully saturated rings. The first-order valence-electron chi connectivity index (χ1n) is 5.24. The third kappa shape index (κ3) is 3.44. The van der Waals surface area contributed by atoms with Crippen LogP contribution < -0.4 is 10.2 Å². The van der Waals surface area contributed by atoms with E-state index in [0.29, 0.717) is 6.54 Å². The Bertz CT molecular complexity index is 314. The van der Waals surface area contributed by atoms with Crippen LogP contribution in [0.1, 0.15) is 5.56 Å². The van der Waals surface area contributed by atoms with Crippen LogP contribution in [-0.4, -0.2) is 48.5 Å². The van der Waals surface area contributed by atoms with Gasteiger partial charge in [0.1, 0.15) is 0 Å². The maximum atomic E-state index is 8.93. The van der Waals surface area contributed by atoms with Gasteiger partial charge in [-0.2, -0.15) is 0 Å². The smallest absolute Gasteiger partial charge is 0.0607 e. The van der Waals surface area contributed by atoms with E-state index < -0.39 is 0 Å². The summed E-state index contributed by atoms with van der Waals surface area (Å²) < 4.78 is 0. The lowest BCUT2D eigenvalue weighted by molar-refractivity contribution is 0.170. The van der Waals surface area contributed by atoms with Crippen molar-refractivity contribution in [2.24, 2.45) is 0 Å². The van der Waals surface area contributed by atoms with Gasteiger partial charge in [0.2, 0.25) is 0 Å². The average molecular weight is 225 g/mol. The van der Waals surface area contributed by atoms with Gasteiger partial charge in [-0.1, -0.05) is 0 Å². The highest BCUT2D eigenvalue weighted by Gasteiger charge is 2.08. The van der Waals surface area contributed by atoms with E-state index in [1.807, 2.05) is 25.1 Å². The molecule has 5 heteroatoms. The SMILES string of the molecule is CN(C)c1ccncc1CNC(CO)CO. The summed E-state index contributed by atoms with van der Waals surface area (Å²) >= 11 is 0. The van der Waals surface area contributed by atoms with Crippen molar-refractivity contribution in [2.45, 2.75) is 12.6 Å². The maximum Gasteiger partial charge on any atom is 0.0607 e. The quantitative estimate of drug-likeness (QED) is 0.614. The lowest BCUT2D eigenvalue weighted by Gasteiger charge is -2.19. The Balaban J connectivity index is 2.66. The molecular weight excluding hydrogens is 206 g/mol. The second-order valence-electron chi connectivity index (χ2n) is 3.84. The van der Waals surface area contributed by atoms with E-state index >= 15 is 0 Å². The van der Waals surface area contributed by atoms with Crippen molar-refractivity contribution in [3.05, 3.63) is 24.0 Å². The number of pyridine rings is 1. The summed E-state index contributed by atoms with van der Waals surface area (Å²) in [6.07, 6.45) is 3.53. The van der Waals surface area contributed by atoms with Gasteiger partial charge in [0.15, 0.2) is 0 Å². The van der Waals surface area contributed by atoms with E-state index in [-0.39, 0.29) is 19.3 Å². The van der Waals surface area contributed by atoms with E-state index in [1.165, 1.54) is 0 Å². The Morgan fingerprint density at radius 2 is 2.06 bits per heavy atom. The zero-order chi connectivity index (χ0) is 12.0. The van der Waals surface area contributed by atoms with Crippen LogP contribution in [0.4, 0.5) is 5.69 Å². The topological polar surface area (TPSA) is 68.6 Å². The van der Waals surface area contributed by atoms with Crippen LogP contribution in [0.3, 0.4) is 0 Å². The Labute approximate surface area is 95.7 Å². The molecule has 0 amide bonds. The molecule has 3 N–H and O–H groups in total. The fourth-order valence-corrected chi connectivity index (χ4v) is 1.43. The van der Waals surface area contributed by atoms with Crippen LogP contribution in [0.2, 0.25) is 0 Å². The van der Waals surface area contributed by atoms with E-state index in [2.05, 4.69) is 10.3 Å². The molecule has 0 aliphatic rings. The summed E-state index contributed by atoms with van der Waals surface area (Å²) in [6, 6.07) is 1.65. The maximum absolute atomic E-state index is 8.93. The predicted octanol–water partition coefficient (Wildman–Crippen LogP) is -0.410. The Morgan fingerprint density at radius 3 is 2.62 bits per heavy atom. The molecule has 90 valence electrons. The number of aliphatic hydroxyl groups is 2. The highest BCUT2D eigenvalue weighted by molar-refractivity contribution is 5.50. The average Bonchev–Trinajstić information content (AvgIpc) is 2.30. The van der Waals surface area contributed by atoms with Crippen LogP contribution in [0.15, 0.2) is 18.5 Å². The molecule has 1 heterocycles. The van der Waals surface area contributed by atoms with Crippen LogP contribution in [0.5, 0.6) is 0 Å². The molecular formula is C11H19N3O2. The Hall–Kier alpha value is -1.17. The van der Waals surface area contributed by atoms with Gasteiger partial charge >= 0.3 is 0 Å². The number of rotatable bonds is 6. The number of nitrogens with one attached hydrogen (secondary N) is 1. The first-order valence-corrected chi connectivity index (χ1v) is 5.24. The molecule has 0 radical (unpaired) electrons. The zero-order valence-electron chi connectivity index (χ0n) is 9.72. The van der Waals surface area contributed by atoms with Crippen molar-refractivity contribution < 1.29 is 10.2 Å². The summed E-state index contributed by atoms with van der Waals surface area (Å²) in [6.45, 7) is 0.426. The first-order chi connectivity index (χ1) is 7.69. The van der Waals surface area contributed by atoms with E-state index in [0.717, 1.165) is 11.3 Å². The third-order valence-electron chi connectivity index (χ3n) is 2.38. The second kappa shape index (κ2) is 6.42. The second-order valence-corrected chi connectivity index (χ2v) is 3.84.